The van der Waals surface area contributed by atoms with Crippen molar-refractivity contribution >= 4 is 17.8 Å². The summed E-state index contributed by atoms with van der Waals surface area (Å²) in [6.45, 7) is 2.02. The number of likely N-dealkylation sites (tertiary alicyclic amines) is 1. The van der Waals surface area contributed by atoms with Gasteiger partial charge in [-0.05, 0) is 29.2 Å². The van der Waals surface area contributed by atoms with Crippen LogP contribution in [0.4, 0.5) is 0 Å². The maximum absolute atomic E-state index is 13.1. The first-order valence-corrected chi connectivity index (χ1v) is 8.82. The lowest BCUT2D eigenvalue weighted by Crippen LogP contribution is -2.57. The highest BCUT2D eigenvalue weighted by Gasteiger charge is 2.70. The van der Waals surface area contributed by atoms with Crippen LogP contribution in [-0.2, 0) is 19.8 Å². The number of hydrogen-bond donors (Lipinski definition) is 1. The molecule has 2 aromatic rings. The van der Waals surface area contributed by atoms with Crippen molar-refractivity contribution in [2.45, 2.75) is 18.3 Å². The lowest BCUT2D eigenvalue weighted by Gasteiger charge is -2.51. The predicted molar refractivity (Wildman–Crippen MR) is 92.5 cm³/mol. The first kappa shape index (κ1) is 15.3. The zero-order chi connectivity index (χ0) is 18.2. The van der Waals surface area contributed by atoms with Crippen molar-refractivity contribution < 1.29 is 19.5 Å². The number of rotatable bonds is 2. The number of benzene rings is 2. The van der Waals surface area contributed by atoms with Crippen LogP contribution >= 0.6 is 0 Å². The van der Waals surface area contributed by atoms with Crippen molar-refractivity contribution in [2.24, 2.45) is 11.8 Å². The fourth-order valence-corrected chi connectivity index (χ4v) is 5.51. The van der Waals surface area contributed by atoms with Gasteiger partial charge in [0, 0.05) is 12.5 Å². The number of carboxylic acid groups (broad SMARTS) is 1. The standard InChI is InChI=1S/C21H17NO4/c1-2-22-18(23)16-15-11-7-3-5-9-13(11)21(20(25)26,17(16)19(22)24)14-10-6-4-8-12(14)15/h3-10,15-17H,2H2,1H3,(H,25,26)/t15?,16-,17+,21?/m1/s1. The molecule has 1 aliphatic heterocycles. The minimum atomic E-state index is -1.51. The van der Waals surface area contributed by atoms with E-state index in [9.17, 15) is 19.5 Å². The molecule has 1 N–H and O–H groups in total. The van der Waals surface area contributed by atoms with Crippen LogP contribution in [0.5, 0.6) is 0 Å². The molecule has 0 radical (unpaired) electrons. The molecule has 1 saturated heterocycles. The summed E-state index contributed by atoms with van der Waals surface area (Å²) in [6.07, 6.45) is 0. The van der Waals surface area contributed by atoms with Gasteiger partial charge in [0.2, 0.25) is 11.8 Å². The number of carbonyl (C=O) groups excluding carboxylic acids is 2. The molecular formula is C21H17NO4. The molecule has 130 valence electrons. The van der Waals surface area contributed by atoms with Crippen LogP contribution in [0.3, 0.4) is 0 Å². The van der Waals surface area contributed by atoms with Gasteiger partial charge in [0.05, 0.1) is 11.8 Å². The predicted octanol–water partition coefficient (Wildman–Crippen LogP) is 2.14. The molecule has 0 unspecified atom stereocenters. The molecule has 0 aromatic heterocycles. The fraction of sp³-hybridized carbons (Fsp3) is 0.286. The van der Waals surface area contributed by atoms with E-state index in [4.69, 9.17) is 0 Å². The second-order valence-electron chi connectivity index (χ2n) is 7.19. The van der Waals surface area contributed by atoms with Gasteiger partial charge < -0.3 is 5.11 Å². The minimum absolute atomic E-state index is 0.248. The van der Waals surface area contributed by atoms with E-state index in [-0.39, 0.29) is 24.3 Å². The Hall–Kier alpha value is -2.95. The van der Waals surface area contributed by atoms with Gasteiger partial charge in [0.15, 0.2) is 0 Å². The molecule has 5 nitrogen and oxygen atoms in total. The highest BCUT2D eigenvalue weighted by Crippen LogP contribution is 2.64. The number of imide groups is 1. The maximum Gasteiger partial charge on any atom is 0.319 e. The topological polar surface area (TPSA) is 74.7 Å². The van der Waals surface area contributed by atoms with Gasteiger partial charge in [-0.2, -0.15) is 0 Å². The summed E-state index contributed by atoms with van der Waals surface area (Å²) < 4.78 is 0. The molecule has 3 aliphatic carbocycles. The van der Waals surface area contributed by atoms with Crippen LogP contribution in [0.15, 0.2) is 48.5 Å². The Bertz CT molecular complexity index is 948. The van der Waals surface area contributed by atoms with Crippen LogP contribution < -0.4 is 0 Å². The van der Waals surface area contributed by atoms with Gasteiger partial charge >= 0.3 is 5.97 Å². The molecule has 2 bridgehead atoms. The van der Waals surface area contributed by atoms with E-state index in [1.165, 1.54) is 4.90 Å². The first-order chi connectivity index (χ1) is 12.5. The minimum Gasteiger partial charge on any atom is -0.480 e. The fourth-order valence-electron chi connectivity index (χ4n) is 5.51. The van der Waals surface area contributed by atoms with E-state index in [0.29, 0.717) is 11.1 Å². The van der Waals surface area contributed by atoms with Crippen molar-refractivity contribution in [1.29, 1.82) is 0 Å². The highest BCUT2D eigenvalue weighted by molar-refractivity contribution is 6.12. The molecule has 2 atom stereocenters. The molecule has 4 aliphatic rings. The highest BCUT2D eigenvalue weighted by atomic mass is 16.4. The quantitative estimate of drug-likeness (QED) is 0.845. The third kappa shape index (κ3) is 1.43. The third-order valence-electron chi connectivity index (χ3n) is 6.36. The molecule has 26 heavy (non-hydrogen) atoms. The van der Waals surface area contributed by atoms with Crippen LogP contribution in [0.1, 0.15) is 35.1 Å². The average Bonchev–Trinajstić information content (AvgIpc) is 2.92. The second kappa shape index (κ2) is 4.81. The SMILES string of the molecule is CCN1C(=O)[C@@H]2C3c4ccccc4C(C(=O)O)(c4ccccc43)[C@@H]2C1=O. The molecule has 1 heterocycles. The number of aliphatic carboxylic acids is 1. The lowest BCUT2D eigenvalue weighted by atomic mass is 9.47. The zero-order valence-corrected chi connectivity index (χ0v) is 14.2. The summed E-state index contributed by atoms with van der Waals surface area (Å²) in [5.41, 5.74) is 1.50. The molecule has 0 spiro atoms. The van der Waals surface area contributed by atoms with Crippen LogP contribution in [0.2, 0.25) is 0 Å². The second-order valence-corrected chi connectivity index (χ2v) is 7.19. The lowest BCUT2D eigenvalue weighted by molar-refractivity contribution is -0.150. The van der Waals surface area contributed by atoms with Gasteiger partial charge in [0.1, 0.15) is 5.41 Å². The number of carboxylic acids is 1. The number of nitrogens with zero attached hydrogens (tertiary/aromatic N) is 1. The van der Waals surface area contributed by atoms with Crippen LogP contribution in [0.25, 0.3) is 0 Å². The summed E-state index contributed by atoms with van der Waals surface area (Å²) >= 11 is 0. The van der Waals surface area contributed by atoms with Crippen molar-refractivity contribution in [2.75, 3.05) is 6.54 Å². The van der Waals surface area contributed by atoms with Gasteiger partial charge in [-0.3, -0.25) is 19.3 Å². The van der Waals surface area contributed by atoms with E-state index < -0.39 is 23.2 Å². The van der Waals surface area contributed by atoms with Crippen molar-refractivity contribution in [3.05, 3.63) is 70.8 Å². The third-order valence-corrected chi connectivity index (χ3v) is 6.36. The molecular weight excluding hydrogens is 330 g/mol. The van der Waals surface area contributed by atoms with Gasteiger partial charge in [-0.1, -0.05) is 48.5 Å². The summed E-state index contributed by atoms with van der Waals surface area (Å²) in [5, 5.41) is 10.4. The molecule has 2 aromatic carbocycles. The molecule has 1 fully saturated rings. The first-order valence-electron chi connectivity index (χ1n) is 8.82. The van der Waals surface area contributed by atoms with Gasteiger partial charge in [-0.25, -0.2) is 0 Å². The number of amides is 2. The largest absolute Gasteiger partial charge is 0.480 e. The van der Waals surface area contributed by atoms with E-state index >= 15 is 0 Å². The van der Waals surface area contributed by atoms with Crippen molar-refractivity contribution in [3.8, 4) is 0 Å². The Morgan fingerprint density at radius 3 is 2.04 bits per heavy atom. The van der Waals surface area contributed by atoms with Crippen molar-refractivity contribution in [3.63, 3.8) is 0 Å². The Balaban J connectivity index is 1.95. The van der Waals surface area contributed by atoms with Crippen molar-refractivity contribution in [1.82, 2.24) is 4.90 Å². The van der Waals surface area contributed by atoms with E-state index in [2.05, 4.69) is 0 Å². The van der Waals surface area contributed by atoms with E-state index in [1.54, 1.807) is 31.2 Å². The summed E-state index contributed by atoms with van der Waals surface area (Å²) in [7, 11) is 0. The number of carbonyl (C=O) groups is 3. The Kier molecular flexibility index (Phi) is 2.84. The molecule has 2 amide bonds. The normalized spacial score (nSPS) is 30.8. The molecule has 6 rings (SSSR count). The molecule has 5 heteroatoms. The summed E-state index contributed by atoms with van der Waals surface area (Å²) in [4.78, 5) is 40.2. The van der Waals surface area contributed by atoms with E-state index in [1.807, 2.05) is 24.3 Å². The van der Waals surface area contributed by atoms with E-state index in [0.717, 1.165) is 11.1 Å². The average molecular weight is 347 g/mol. The van der Waals surface area contributed by atoms with Crippen LogP contribution in [-0.4, -0.2) is 34.3 Å². The Morgan fingerprint density at radius 1 is 1.00 bits per heavy atom. The van der Waals surface area contributed by atoms with Crippen LogP contribution in [0, 0.1) is 11.8 Å². The van der Waals surface area contributed by atoms with Gasteiger partial charge in [-0.15, -0.1) is 0 Å². The summed E-state index contributed by atoms with van der Waals surface area (Å²) in [6, 6.07) is 14.7. The summed E-state index contributed by atoms with van der Waals surface area (Å²) in [5.74, 6) is -3.49. The monoisotopic (exact) mass is 347 g/mol. The Labute approximate surface area is 150 Å². The van der Waals surface area contributed by atoms with Gasteiger partial charge in [0.25, 0.3) is 0 Å². The molecule has 0 saturated carbocycles. The number of hydrogen-bond acceptors (Lipinski definition) is 3. The maximum atomic E-state index is 13.1. The smallest absolute Gasteiger partial charge is 0.319 e. The zero-order valence-electron chi connectivity index (χ0n) is 14.2. The Morgan fingerprint density at radius 2 is 1.54 bits per heavy atom.